The molecule has 3 rings (SSSR count). The summed E-state index contributed by atoms with van der Waals surface area (Å²) in [5.74, 6) is 0.641. The first-order chi connectivity index (χ1) is 9.66. The molecule has 0 bridgehead atoms. The molecule has 1 aliphatic rings. The molecular formula is C15H20N4S. The lowest BCUT2D eigenvalue weighted by Crippen LogP contribution is -2.50. The van der Waals surface area contributed by atoms with Crippen LogP contribution in [0.15, 0.2) is 30.3 Å². The van der Waals surface area contributed by atoms with E-state index in [0.29, 0.717) is 11.9 Å². The molecule has 1 aromatic carbocycles. The molecule has 0 amide bonds. The molecule has 2 aromatic rings. The first kappa shape index (κ1) is 13.4. The summed E-state index contributed by atoms with van der Waals surface area (Å²) < 4.78 is 4.39. The van der Waals surface area contributed by atoms with Gasteiger partial charge in [0.15, 0.2) is 0 Å². The number of nitrogens with zero attached hydrogens (tertiary/aromatic N) is 3. The Hall–Kier alpha value is -1.59. The van der Waals surface area contributed by atoms with E-state index < -0.39 is 0 Å². The van der Waals surface area contributed by atoms with Gasteiger partial charge in [0, 0.05) is 25.7 Å². The molecule has 4 nitrogen and oxygen atoms in total. The van der Waals surface area contributed by atoms with Crippen molar-refractivity contribution in [2.45, 2.75) is 13.0 Å². The van der Waals surface area contributed by atoms with Crippen molar-refractivity contribution >= 4 is 22.4 Å². The van der Waals surface area contributed by atoms with Gasteiger partial charge in [-0.05, 0) is 31.1 Å². The summed E-state index contributed by atoms with van der Waals surface area (Å²) in [7, 11) is 2.17. The highest BCUT2D eigenvalue weighted by Gasteiger charge is 2.26. The molecule has 1 aliphatic heterocycles. The maximum absolute atomic E-state index is 6.12. The van der Waals surface area contributed by atoms with Crippen LogP contribution in [0, 0.1) is 0 Å². The average Bonchev–Trinajstić information content (AvgIpc) is 2.81. The molecular weight excluding hydrogens is 268 g/mol. The number of rotatable bonds is 2. The van der Waals surface area contributed by atoms with Crippen LogP contribution < -0.4 is 10.6 Å². The maximum Gasteiger partial charge on any atom is 0.147 e. The van der Waals surface area contributed by atoms with Crippen LogP contribution in [0.4, 0.5) is 10.8 Å². The van der Waals surface area contributed by atoms with Crippen molar-refractivity contribution in [3.8, 4) is 11.1 Å². The van der Waals surface area contributed by atoms with Crippen LogP contribution in [0.5, 0.6) is 0 Å². The van der Waals surface area contributed by atoms with Crippen LogP contribution in [0.1, 0.15) is 6.92 Å². The molecule has 5 heteroatoms. The van der Waals surface area contributed by atoms with Gasteiger partial charge < -0.3 is 15.5 Å². The molecule has 106 valence electrons. The van der Waals surface area contributed by atoms with E-state index in [1.54, 1.807) is 0 Å². The number of hydrogen-bond donors (Lipinski definition) is 1. The summed E-state index contributed by atoms with van der Waals surface area (Å²) >= 11 is 1.51. The van der Waals surface area contributed by atoms with E-state index in [9.17, 15) is 0 Å². The molecule has 0 aliphatic carbocycles. The molecule has 1 aromatic heterocycles. The monoisotopic (exact) mass is 288 g/mol. The molecule has 1 saturated heterocycles. The second-order valence-corrected chi connectivity index (χ2v) is 6.17. The smallest absolute Gasteiger partial charge is 0.147 e. The van der Waals surface area contributed by atoms with Crippen molar-refractivity contribution < 1.29 is 0 Å². The summed E-state index contributed by atoms with van der Waals surface area (Å²) in [6.45, 7) is 5.45. The van der Waals surface area contributed by atoms with Gasteiger partial charge in [-0.15, -0.1) is 0 Å². The minimum Gasteiger partial charge on any atom is -0.382 e. The summed E-state index contributed by atoms with van der Waals surface area (Å²) in [4.78, 5) is 4.81. The SMILES string of the molecule is CC1CN(C)CCN1c1snc(N)c1-c1ccccc1. The molecule has 2 heterocycles. The summed E-state index contributed by atoms with van der Waals surface area (Å²) in [6, 6.07) is 10.8. The minimum atomic E-state index is 0.482. The quantitative estimate of drug-likeness (QED) is 0.922. The van der Waals surface area contributed by atoms with Gasteiger partial charge in [0.2, 0.25) is 0 Å². The van der Waals surface area contributed by atoms with Crippen LogP contribution >= 0.6 is 11.5 Å². The second-order valence-electron chi connectivity index (χ2n) is 5.42. The van der Waals surface area contributed by atoms with E-state index in [1.165, 1.54) is 16.5 Å². The van der Waals surface area contributed by atoms with Gasteiger partial charge in [0.1, 0.15) is 10.8 Å². The highest BCUT2D eigenvalue weighted by atomic mass is 32.1. The van der Waals surface area contributed by atoms with Crippen LogP contribution in [0.2, 0.25) is 0 Å². The fourth-order valence-electron chi connectivity index (χ4n) is 2.81. The lowest BCUT2D eigenvalue weighted by atomic mass is 10.1. The van der Waals surface area contributed by atoms with Gasteiger partial charge in [-0.2, -0.15) is 4.37 Å². The van der Waals surface area contributed by atoms with E-state index in [2.05, 4.69) is 40.3 Å². The predicted octanol–water partition coefficient (Wildman–Crippen LogP) is 2.53. The first-order valence-electron chi connectivity index (χ1n) is 6.92. The standard InChI is InChI=1S/C15H20N4S/c1-11-10-18(2)8-9-19(11)15-13(14(16)17-20-15)12-6-4-3-5-7-12/h3-7,11H,8-10H2,1-2H3,(H2,16,17). The maximum atomic E-state index is 6.12. The topological polar surface area (TPSA) is 45.4 Å². The molecule has 1 fully saturated rings. The molecule has 0 radical (unpaired) electrons. The highest BCUT2D eigenvalue weighted by molar-refractivity contribution is 7.11. The van der Waals surface area contributed by atoms with Crippen molar-refractivity contribution in [2.24, 2.45) is 0 Å². The zero-order valence-electron chi connectivity index (χ0n) is 11.9. The lowest BCUT2D eigenvalue weighted by Gasteiger charge is -2.39. The van der Waals surface area contributed by atoms with E-state index in [1.807, 2.05) is 18.2 Å². The molecule has 20 heavy (non-hydrogen) atoms. The lowest BCUT2D eigenvalue weighted by molar-refractivity contribution is 0.276. The van der Waals surface area contributed by atoms with Crippen molar-refractivity contribution in [3.05, 3.63) is 30.3 Å². The van der Waals surface area contributed by atoms with Gasteiger partial charge in [-0.1, -0.05) is 30.3 Å². The summed E-state index contributed by atoms with van der Waals surface area (Å²) in [5, 5.41) is 1.20. The number of nitrogens with two attached hydrogens (primary N) is 1. The Morgan fingerprint density at radius 1 is 1.25 bits per heavy atom. The third-order valence-corrected chi connectivity index (χ3v) is 4.75. The van der Waals surface area contributed by atoms with Crippen molar-refractivity contribution in [1.82, 2.24) is 9.27 Å². The Kier molecular flexibility index (Phi) is 3.63. The number of aromatic nitrogens is 1. The number of hydrogen-bond acceptors (Lipinski definition) is 5. The van der Waals surface area contributed by atoms with Crippen LogP contribution in [-0.2, 0) is 0 Å². The Morgan fingerprint density at radius 3 is 2.70 bits per heavy atom. The number of likely N-dealkylation sites (N-methyl/N-ethyl adjacent to an activating group) is 1. The number of anilines is 2. The van der Waals surface area contributed by atoms with Crippen molar-refractivity contribution in [1.29, 1.82) is 0 Å². The number of piperazine rings is 1. The van der Waals surface area contributed by atoms with Gasteiger partial charge in [-0.3, -0.25) is 0 Å². The Morgan fingerprint density at radius 2 is 2.00 bits per heavy atom. The van der Waals surface area contributed by atoms with Gasteiger partial charge in [-0.25, -0.2) is 0 Å². The largest absolute Gasteiger partial charge is 0.382 e. The zero-order valence-corrected chi connectivity index (χ0v) is 12.7. The molecule has 1 atom stereocenters. The number of benzene rings is 1. The third kappa shape index (κ3) is 2.39. The first-order valence-corrected chi connectivity index (χ1v) is 7.70. The Labute approximate surface area is 124 Å². The van der Waals surface area contributed by atoms with Gasteiger partial charge >= 0.3 is 0 Å². The van der Waals surface area contributed by atoms with Crippen LogP contribution in [0.3, 0.4) is 0 Å². The van der Waals surface area contributed by atoms with E-state index in [0.717, 1.165) is 30.8 Å². The van der Waals surface area contributed by atoms with Crippen molar-refractivity contribution in [3.63, 3.8) is 0 Å². The normalized spacial score (nSPS) is 20.3. The van der Waals surface area contributed by atoms with E-state index in [4.69, 9.17) is 5.73 Å². The fourth-order valence-corrected chi connectivity index (χ4v) is 3.77. The molecule has 0 saturated carbocycles. The van der Waals surface area contributed by atoms with E-state index in [-0.39, 0.29) is 0 Å². The van der Waals surface area contributed by atoms with Gasteiger partial charge in [0.25, 0.3) is 0 Å². The summed E-state index contributed by atoms with van der Waals surface area (Å²) in [5.41, 5.74) is 8.36. The fraction of sp³-hybridized carbons (Fsp3) is 0.400. The van der Waals surface area contributed by atoms with Crippen molar-refractivity contribution in [2.75, 3.05) is 37.3 Å². The molecule has 2 N–H and O–H groups in total. The average molecular weight is 288 g/mol. The number of nitrogen functional groups attached to an aromatic ring is 1. The zero-order chi connectivity index (χ0) is 14.1. The van der Waals surface area contributed by atoms with Crippen LogP contribution in [0.25, 0.3) is 11.1 Å². The van der Waals surface area contributed by atoms with Crippen LogP contribution in [-0.4, -0.2) is 42.0 Å². The second kappa shape index (κ2) is 5.42. The minimum absolute atomic E-state index is 0.482. The predicted molar refractivity (Wildman–Crippen MR) is 86.3 cm³/mol. The molecule has 1 unspecified atom stereocenters. The van der Waals surface area contributed by atoms with Gasteiger partial charge in [0.05, 0.1) is 5.56 Å². The Balaban J connectivity index is 1.99. The Bertz CT molecular complexity index is 581. The highest BCUT2D eigenvalue weighted by Crippen LogP contribution is 2.40. The summed E-state index contributed by atoms with van der Waals surface area (Å²) in [6.07, 6.45) is 0. The third-order valence-electron chi connectivity index (χ3n) is 3.85. The van der Waals surface area contributed by atoms with E-state index >= 15 is 0 Å². The molecule has 0 spiro atoms.